The first-order chi connectivity index (χ1) is 21.5. The normalized spacial score (nSPS) is 11.4. The molecule has 0 bridgehead atoms. The standard InChI is InChI=1S/C30H24N4O10S2.4Li/c1-17-9-21(29(35)36)13-25(11-17)33-31-23-7-5-19(27(15-23)45(39,40)41)3-4-20-6-8-24(16-28(20)46(42,43)44)32-34-26-12-18(2)10-22(14-26)30(37)38;;;;/h3-16H,1-2H3,(H,35,36)(H,37,38)(H,39,40,41)(H,42,43,44);;;;/q;4*+1/p-4/b4-3+,33-31?,34-32?;;;;. The first kappa shape index (κ1) is 47.0. The third-order valence-corrected chi connectivity index (χ3v) is 7.92. The quantitative estimate of drug-likeness (QED) is 0.0659. The van der Waals surface area contributed by atoms with E-state index in [1.54, 1.807) is 13.8 Å². The van der Waals surface area contributed by atoms with Crippen LogP contribution < -0.4 is 85.7 Å². The maximum Gasteiger partial charge on any atom is 1.00 e. The van der Waals surface area contributed by atoms with Gasteiger partial charge in [0.05, 0.1) is 44.5 Å². The molecule has 4 aromatic rings. The molecule has 0 aromatic heterocycles. The fraction of sp³-hybridized carbons (Fsp3) is 0.0667. The van der Waals surface area contributed by atoms with Gasteiger partial charge in [0.25, 0.3) is 0 Å². The summed E-state index contributed by atoms with van der Waals surface area (Å²) in [6.07, 6.45) is 2.22. The number of hydrogen-bond acceptors (Lipinski definition) is 14. The Balaban J connectivity index is 0.00000600. The van der Waals surface area contributed by atoms with Crippen LogP contribution in [0.5, 0.6) is 0 Å². The van der Waals surface area contributed by atoms with E-state index in [-0.39, 0.29) is 120 Å². The summed E-state index contributed by atoms with van der Waals surface area (Å²) in [5, 5.41) is 37.9. The second-order valence-corrected chi connectivity index (χ2v) is 12.5. The van der Waals surface area contributed by atoms with Crippen LogP contribution in [0.3, 0.4) is 0 Å². The van der Waals surface area contributed by atoms with Gasteiger partial charge in [-0.2, -0.15) is 20.5 Å². The van der Waals surface area contributed by atoms with E-state index in [2.05, 4.69) is 20.5 Å². The monoisotopic (exact) mass is 688 g/mol. The number of carboxylic acids is 2. The summed E-state index contributed by atoms with van der Waals surface area (Å²) in [5.41, 5.74) is 0.602. The Morgan fingerprint density at radius 3 is 1.14 bits per heavy atom. The SMILES string of the molecule is Cc1cc(N=Nc2ccc(/C=C/c3ccc(N=Nc4cc(C)cc(C(=O)[O-])c4)cc3S(=O)(=O)[O-])c(S(=O)(=O)[O-])c2)cc(C(=O)[O-])c1.[Li+].[Li+].[Li+].[Li+]. The molecule has 0 radical (unpaired) electrons. The predicted molar refractivity (Wildman–Crippen MR) is 157 cm³/mol. The molecule has 0 saturated carbocycles. The maximum atomic E-state index is 12.1. The minimum absolute atomic E-state index is 0. The molecule has 0 saturated heterocycles. The summed E-state index contributed by atoms with van der Waals surface area (Å²) in [5.74, 6) is -2.86. The van der Waals surface area contributed by atoms with E-state index < -0.39 is 42.0 Å². The minimum Gasteiger partial charge on any atom is -0.744 e. The number of carboxylic acid groups (broad SMARTS) is 2. The van der Waals surface area contributed by atoms with Gasteiger partial charge in [0.2, 0.25) is 0 Å². The van der Waals surface area contributed by atoms with E-state index in [0.29, 0.717) is 11.1 Å². The number of carbonyl (C=O) groups is 2. The van der Waals surface area contributed by atoms with Gasteiger partial charge >= 0.3 is 75.4 Å². The molecule has 0 fully saturated rings. The maximum absolute atomic E-state index is 12.1. The van der Waals surface area contributed by atoms with Gasteiger partial charge in [-0.3, -0.25) is 0 Å². The van der Waals surface area contributed by atoms with E-state index in [4.69, 9.17) is 0 Å². The Labute approximate surface area is 335 Å². The molecule has 236 valence electrons. The number of nitrogens with zero attached hydrogens (tertiary/aromatic N) is 4. The molecule has 0 amide bonds. The van der Waals surface area contributed by atoms with Crippen LogP contribution in [0.2, 0.25) is 0 Å². The van der Waals surface area contributed by atoms with E-state index in [1.165, 1.54) is 60.7 Å². The van der Waals surface area contributed by atoms with Crippen LogP contribution in [0.1, 0.15) is 43.0 Å². The third-order valence-electron chi connectivity index (χ3n) is 6.13. The minimum atomic E-state index is -5.10. The van der Waals surface area contributed by atoms with Crippen molar-refractivity contribution in [2.75, 3.05) is 0 Å². The average molecular weight is 688 g/mol. The van der Waals surface area contributed by atoms with Crippen molar-refractivity contribution in [1.29, 1.82) is 0 Å². The second kappa shape index (κ2) is 19.5. The van der Waals surface area contributed by atoms with Gasteiger partial charge in [0.1, 0.15) is 20.2 Å². The first-order valence-corrected chi connectivity index (χ1v) is 15.7. The summed E-state index contributed by atoms with van der Waals surface area (Å²) in [6, 6.07) is 15.0. The molecule has 50 heavy (non-hydrogen) atoms. The van der Waals surface area contributed by atoms with Crippen LogP contribution >= 0.6 is 0 Å². The molecule has 0 N–H and O–H groups in total. The van der Waals surface area contributed by atoms with E-state index in [1.807, 2.05) is 0 Å². The molecule has 0 aliphatic carbocycles. The van der Waals surface area contributed by atoms with E-state index in [9.17, 15) is 45.7 Å². The summed E-state index contributed by atoms with van der Waals surface area (Å²) in [4.78, 5) is 20.9. The molecular weight excluding hydrogens is 668 g/mol. The van der Waals surface area contributed by atoms with Gasteiger partial charge in [0, 0.05) is 0 Å². The molecule has 0 spiro atoms. The van der Waals surface area contributed by atoms with Gasteiger partial charge in [-0.05, 0) is 95.8 Å². The topological polar surface area (TPSA) is 244 Å². The van der Waals surface area contributed by atoms with Crippen LogP contribution in [-0.4, -0.2) is 37.9 Å². The Hall–Kier alpha value is -3.03. The molecule has 0 heterocycles. The van der Waals surface area contributed by atoms with Crippen molar-refractivity contribution in [3.63, 3.8) is 0 Å². The van der Waals surface area contributed by atoms with Crippen molar-refractivity contribution in [2.45, 2.75) is 23.6 Å². The smallest absolute Gasteiger partial charge is 0.744 e. The zero-order valence-corrected chi connectivity index (χ0v) is 29.4. The summed E-state index contributed by atoms with van der Waals surface area (Å²) >= 11 is 0. The predicted octanol–water partition coefficient (Wildman–Crippen LogP) is -8.14. The van der Waals surface area contributed by atoms with Crippen LogP contribution in [0.15, 0.2) is 103 Å². The van der Waals surface area contributed by atoms with Crippen LogP contribution in [0, 0.1) is 13.8 Å². The summed E-state index contributed by atoms with van der Waals surface area (Å²) in [7, 11) is -10.2. The van der Waals surface area contributed by atoms with Crippen molar-refractivity contribution in [1.82, 2.24) is 0 Å². The van der Waals surface area contributed by atoms with Gasteiger partial charge in [-0.1, -0.05) is 36.4 Å². The molecule has 4 aromatic carbocycles. The summed E-state index contributed by atoms with van der Waals surface area (Å²) < 4.78 is 72.3. The molecular formula is C30H20Li4N4O10S2. The molecule has 0 aliphatic heterocycles. The molecule has 4 rings (SSSR count). The Bertz CT molecular complexity index is 2060. The fourth-order valence-corrected chi connectivity index (χ4v) is 5.55. The second-order valence-electron chi connectivity index (χ2n) is 9.78. The number of rotatable bonds is 10. The first-order valence-electron chi connectivity index (χ1n) is 12.9. The molecule has 0 aliphatic rings. The zero-order chi connectivity index (χ0) is 33.8. The third kappa shape index (κ3) is 12.9. The summed E-state index contributed by atoms with van der Waals surface area (Å²) in [6.45, 7) is 3.25. The molecule has 14 nitrogen and oxygen atoms in total. The van der Waals surface area contributed by atoms with Crippen LogP contribution in [-0.2, 0) is 20.2 Å². The van der Waals surface area contributed by atoms with Crippen molar-refractivity contribution >= 4 is 67.1 Å². The van der Waals surface area contributed by atoms with Crippen LogP contribution in [0.25, 0.3) is 12.2 Å². The molecule has 20 heteroatoms. The fourth-order valence-electron chi connectivity index (χ4n) is 4.17. The largest absolute Gasteiger partial charge is 1.00 e. The number of aromatic carboxylic acids is 2. The number of carbonyl (C=O) groups excluding carboxylic acids is 2. The van der Waals surface area contributed by atoms with Crippen LogP contribution in [0.4, 0.5) is 22.7 Å². The van der Waals surface area contributed by atoms with E-state index >= 15 is 0 Å². The number of azo groups is 2. The molecule has 0 unspecified atom stereocenters. The van der Waals surface area contributed by atoms with Crippen molar-refractivity contribution < 1.29 is 121 Å². The number of benzene rings is 4. The average Bonchev–Trinajstić information content (AvgIpc) is 2.96. The Kier molecular flexibility index (Phi) is 18.4. The van der Waals surface area contributed by atoms with Gasteiger partial charge in [-0.15, -0.1) is 0 Å². The molecule has 0 atom stereocenters. The van der Waals surface area contributed by atoms with Crippen molar-refractivity contribution in [3.05, 3.63) is 106 Å². The van der Waals surface area contributed by atoms with Crippen molar-refractivity contribution in [3.8, 4) is 0 Å². The Morgan fingerprint density at radius 1 is 0.520 bits per heavy atom. The number of aryl methyl sites for hydroxylation is 2. The number of hydrogen-bond donors (Lipinski definition) is 0. The van der Waals surface area contributed by atoms with Crippen molar-refractivity contribution in [2.24, 2.45) is 20.5 Å². The Morgan fingerprint density at radius 2 is 0.840 bits per heavy atom. The van der Waals surface area contributed by atoms with E-state index in [0.717, 1.165) is 24.3 Å². The van der Waals surface area contributed by atoms with Gasteiger partial charge in [0.15, 0.2) is 0 Å². The van der Waals surface area contributed by atoms with Gasteiger partial charge < -0.3 is 28.9 Å². The van der Waals surface area contributed by atoms with Gasteiger partial charge in [-0.25, -0.2) is 16.8 Å². The zero-order valence-electron chi connectivity index (χ0n) is 27.8.